The maximum Gasteiger partial charge on any atom is 0.275 e. The molecule has 0 bridgehead atoms. The lowest BCUT2D eigenvalue weighted by atomic mass is 9.63. The molecule has 0 aromatic carbocycles. The van der Waals surface area contributed by atoms with E-state index in [9.17, 15) is 0 Å². The molecular weight excluding hydrogens is 468 g/mol. The third kappa shape index (κ3) is 4.54. The summed E-state index contributed by atoms with van der Waals surface area (Å²) in [4.78, 5) is 15.9. The molecule has 0 saturated carbocycles. The third-order valence-corrected chi connectivity index (χ3v) is 8.31. The smallest absolute Gasteiger partial charge is 0.275 e. The number of fused-ring (bicyclic) bond motifs is 1. The van der Waals surface area contributed by atoms with E-state index in [2.05, 4.69) is 45.6 Å². The van der Waals surface area contributed by atoms with E-state index in [0.29, 0.717) is 23.6 Å². The van der Waals surface area contributed by atoms with Crippen molar-refractivity contribution in [3.05, 3.63) is 42.4 Å². The normalized spacial score (nSPS) is 20.8. The van der Waals surface area contributed by atoms with E-state index in [0.717, 1.165) is 58.3 Å². The Kier molecular flexibility index (Phi) is 6.80. The molecule has 2 unspecified atom stereocenters. The van der Waals surface area contributed by atoms with Gasteiger partial charge in [0.15, 0.2) is 5.76 Å². The molecule has 0 amide bonds. The van der Waals surface area contributed by atoms with Crippen molar-refractivity contribution in [3.8, 4) is 16.6 Å². The molecule has 1 aliphatic rings. The Morgan fingerprint density at radius 3 is 2.82 bits per heavy atom. The summed E-state index contributed by atoms with van der Waals surface area (Å²) in [6, 6.07) is 8.00. The lowest BCUT2D eigenvalue weighted by Gasteiger charge is -2.44. The standard InChI is InChI=1S/C24H28N6O2S2/c1-15(2)17-13-25-10-8-24(17,21-14-27-30-32-21)9-11-31-23-29-20-7-6-19(28-22(20)34-23)18-5-4-16(33-3)12-26-18/h4-7,12,14-15,17,25H,8-11,13H2,1-3H3. The van der Waals surface area contributed by atoms with E-state index in [-0.39, 0.29) is 5.41 Å². The molecule has 1 saturated heterocycles. The van der Waals surface area contributed by atoms with Gasteiger partial charge in [-0.3, -0.25) is 4.98 Å². The van der Waals surface area contributed by atoms with Crippen molar-refractivity contribution in [1.82, 2.24) is 30.6 Å². The van der Waals surface area contributed by atoms with E-state index in [1.54, 1.807) is 18.0 Å². The molecule has 8 nitrogen and oxygen atoms in total. The van der Waals surface area contributed by atoms with Crippen LogP contribution in [0.5, 0.6) is 5.19 Å². The second-order valence-electron chi connectivity index (χ2n) is 8.92. The summed E-state index contributed by atoms with van der Waals surface area (Å²) in [5.74, 6) is 1.75. The van der Waals surface area contributed by atoms with E-state index < -0.39 is 0 Å². The van der Waals surface area contributed by atoms with Gasteiger partial charge in [0.25, 0.3) is 5.19 Å². The largest absolute Gasteiger partial charge is 0.470 e. The SMILES string of the molecule is CSc1ccc(-c2ccc3nc(OCCC4(c5cnno5)CCNCC4C(C)C)sc3n2)nc1. The molecule has 178 valence electrons. The van der Waals surface area contributed by atoms with Crippen LogP contribution >= 0.6 is 23.1 Å². The number of piperidine rings is 1. The highest BCUT2D eigenvalue weighted by Crippen LogP contribution is 2.44. The van der Waals surface area contributed by atoms with Crippen molar-refractivity contribution < 1.29 is 9.26 Å². The van der Waals surface area contributed by atoms with Gasteiger partial charge in [-0.05, 0) is 68.3 Å². The number of rotatable bonds is 8. The minimum atomic E-state index is -0.153. The number of pyridine rings is 2. The highest BCUT2D eigenvalue weighted by Gasteiger charge is 2.46. The van der Waals surface area contributed by atoms with Gasteiger partial charge in [-0.2, -0.15) is 0 Å². The Hall–Kier alpha value is -2.56. The number of hydrogen-bond acceptors (Lipinski definition) is 10. The van der Waals surface area contributed by atoms with Gasteiger partial charge in [0, 0.05) is 21.8 Å². The summed E-state index contributed by atoms with van der Waals surface area (Å²) in [5, 5.41) is 11.9. The molecule has 5 heterocycles. The maximum atomic E-state index is 6.17. The number of nitrogens with one attached hydrogen (secondary N) is 1. The quantitative estimate of drug-likeness (QED) is 0.344. The van der Waals surface area contributed by atoms with Gasteiger partial charge in [-0.25, -0.2) is 9.97 Å². The zero-order valence-corrected chi connectivity index (χ0v) is 21.2. The Morgan fingerprint density at radius 1 is 1.21 bits per heavy atom. The van der Waals surface area contributed by atoms with E-state index >= 15 is 0 Å². The Morgan fingerprint density at radius 2 is 2.09 bits per heavy atom. The van der Waals surface area contributed by atoms with Gasteiger partial charge in [0.1, 0.15) is 10.3 Å². The summed E-state index contributed by atoms with van der Waals surface area (Å²) in [6.45, 7) is 6.94. The van der Waals surface area contributed by atoms with Crippen molar-refractivity contribution in [2.24, 2.45) is 11.8 Å². The molecule has 0 radical (unpaired) electrons. The molecule has 10 heteroatoms. The van der Waals surface area contributed by atoms with Crippen LogP contribution in [0.1, 0.15) is 32.4 Å². The van der Waals surface area contributed by atoms with Gasteiger partial charge in [-0.1, -0.05) is 25.2 Å². The first kappa shape index (κ1) is 23.2. The lowest BCUT2D eigenvalue weighted by molar-refractivity contribution is 0.0902. The average Bonchev–Trinajstić information content (AvgIpc) is 3.54. The molecule has 34 heavy (non-hydrogen) atoms. The molecule has 4 aromatic rings. The van der Waals surface area contributed by atoms with Crippen LogP contribution in [0, 0.1) is 11.8 Å². The fraction of sp³-hybridized carbons (Fsp3) is 0.458. The van der Waals surface area contributed by atoms with Gasteiger partial charge in [-0.15, -0.1) is 16.9 Å². The summed E-state index contributed by atoms with van der Waals surface area (Å²) in [7, 11) is 0. The minimum absolute atomic E-state index is 0.153. The number of nitrogens with zero attached hydrogens (tertiary/aromatic N) is 5. The van der Waals surface area contributed by atoms with Gasteiger partial charge < -0.3 is 14.6 Å². The van der Waals surface area contributed by atoms with Crippen LogP contribution in [-0.4, -0.2) is 51.3 Å². The van der Waals surface area contributed by atoms with Crippen molar-refractivity contribution in [2.75, 3.05) is 26.0 Å². The highest BCUT2D eigenvalue weighted by atomic mass is 32.2. The van der Waals surface area contributed by atoms with Crippen molar-refractivity contribution in [2.45, 2.75) is 37.0 Å². The van der Waals surface area contributed by atoms with Crippen LogP contribution in [-0.2, 0) is 5.41 Å². The second-order valence-corrected chi connectivity index (χ2v) is 10.7. The van der Waals surface area contributed by atoms with Crippen molar-refractivity contribution in [1.29, 1.82) is 0 Å². The van der Waals surface area contributed by atoms with Crippen LogP contribution < -0.4 is 10.1 Å². The lowest BCUT2D eigenvalue weighted by Crippen LogP contribution is -2.50. The number of thioether (sulfide) groups is 1. The molecule has 0 spiro atoms. The van der Waals surface area contributed by atoms with Crippen LogP contribution in [0.4, 0.5) is 0 Å². The van der Waals surface area contributed by atoms with Crippen LogP contribution in [0.15, 0.2) is 46.1 Å². The summed E-state index contributed by atoms with van der Waals surface area (Å²) in [5.41, 5.74) is 2.37. The molecule has 1 N–H and O–H groups in total. The topological polar surface area (TPSA) is 98.9 Å². The number of hydrogen-bond donors (Lipinski definition) is 1. The predicted molar refractivity (Wildman–Crippen MR) is 134 cm³/mol. The Labute approximate surface area is 206 Å². The first-order valence-electron chi connectivity index (χ1n) is 11.5. The number of thiazole rings is 1. The van der Waals surface area contributed by atoms with E-state index in [1.165, 1.54) is 11.3 Å². The zero-order chi connectivity index (χ0) is 23.5. The van der Waals surface area contributed by atoms with Gasteiger partial charge in [0.05, 0.1) is 24.2 Å². The van der Waals surface area contributed by atoms with Crippen LogP contribution in [0.3, 0.4) is 0 Å². The highest BCUT2D eigenvalue weighted by molar-refractivity contribution is 7.98. The van der Waals surface area contributed by atoms with Crippen molar-refractivity contribution >= 4 is 33.4 Å². The minimum Gasteiger partial charge on any atom is -0.470 e. The molecule has 2 atom stereocenters. The number of ether oxygens (including phenoxy) is 1. The van der Waals surface area contributed by atoms with Crippen LogP contribution in [0.25, 0.3) is 21.7 Å². The summed E-state index contributed by atoms with van der Waals surface area (Å²) < 4.78 is 11.8. The first-order valence-corrected chi connectivity index (χ1v) is 13.5. The van der Waals surface area contributed by atoms with Crippen molar-refractivity contribution in [3.63, 3.8) is 0 Å². The third-order valence-electron chi connectivity index (χ3n) is 6.72. The van der Waals surface area contributed by atoms with E-state index in [1.807, 2.05) is 30.7 Å². The Bertz CT molecular complexity index is 1230. The number of aromatic nitrogens is 5. The monoisotopic (exact) mass is 496 g/mol. The molecule has 1 aliphatic heterocycles. The van der Waals surface area contributed by atoms with Crippen LogP contribution in [0.2, 0.25) is 0 Å². The Balaban J connectivity index is 1.33. The predicted octanol–water partition coefficient (Wildman–Crippen LogP) is 4.83. The molecule has 4 aromatic heterocycles. The summed E-state index contributed by atoms with van der Waals surface area (Å²) in [6.07, 6.45) is 7.46. The van der Waals surface area contributed by atoms with E-state index in [4.69, 9.17) is 14.2 Å². The molecule has 1 fully saturated rings. The fourth-order valence-electron chi connectivity index (χ4n) is 4.92. The van der Waals surface area contributed by atoms with Gasteiger partial charge in [0.2, 0.25) is 0 Å². The average molecular weight is 497 g/mol. The fourth-order valence-corrected chi connectivity index (χ4v) is 6.10. The zero-order valence-electron chi connectivity index (χ0n) is 19.5. The molecule has 0 aliphatic carbocycles. The second kappa shape index (κ2) is 9.97. The molecular formula is C24H28N6O2S2. The molecule has 5 rings (SSSR count). The maximum absolute atomic E-state index is 6.17. The van der Waals surface area contributed by atoms with Gasteiger partial charge >= 0.3 is 0 Å². The first-order chi connectivity index (χ1) is 16.6. The summed E-state index contributed by atoms with van der Waals surface area (Å²) >= 11 is 3.14.